The number of hydrogen-bond donors (Lipinski definition) is 0. The van der Waals surface area contributed by atoms with E-state index in [1.165, 1.54) is 30.2 Å². The number of halogens is 2. The van der Waals surface area contributed by atoms with Crippen LogP contribution in [0.3, 0.4) is 0 Å². The number of ether oxygens (including phenoxy) is 1. The predicted molar refractivity (Wildman–Crippen MR) is 99.3 cm³/mol. The van der Waals surface area contributed by atoms with Crippen molar-refractivity contribution in [1.82, 2.24) is 14.8 Å². The lowest BCUT2D eigenvalue weighted by Gasteiger charge is -2.05. The van der Waals surface area contributed by atoms with E-state index in [0.29, 0.717) is 27.6 Å². The minimum Gasteiger partial charge on any atom is -0.468 e. The molecule has 0 fully saturated rings. The number of hydrogen-bond acceptors (Lipinski definition) is 6. The van der Waals surface area contributed by atoms with Crippen molar-refractivity contribution in [3.8, 4) is 10.7 Å². The normalized spacial score (nSPS) is 11.2. The lowest BCUT2D eigenvalue weighted by atomic mass is 10.2. The van der Waals surface area contributed by atoms with Gasteiger partial charge in [0.15, 0.2) is 11.0 Å². The second-order valence-electron chi connectivity index (χ2n) is 4.80. The fraction of sp³-hybridized carbons (Fsp3) is 0.267. The van der Waals surface area contributed by atoms with E-state index in [1.54, 1.807) is 0 Å². The van der Waals surface area contributed by atoms with E-state index in [-0.39, 0.29) is 11.7 Å². The highest BCUT2D eigenvalue weighted by Crippen LogP contribution is 2.42. The number of aromatic nitrogens is 3. The number of thiophene rings is 1. The molecule has 1 aromatic carbocycles. The average Bonchev–Trinajstić information content (AvgIpc) is 3.12. The molecule has 0 saturated carbocycles. The van der Waals surface area contributed by atoms with Gasteiger partial charge in [-0.3, -0.25) is 4.79 Å². The van der Waals surface area contributed by atoms with Gasteiger partial charge >= 0.3 is 5.97 Å². The van der Waals surface area contributed by atoms with Crippen LogP contribution in [0.5, 0.6) is 0 Å². The van der Waals surface area contributed by atoms with E-state index in [1.807, 2.05) is 29.7 Å². The molecule has 0 aliphatic rings. The largest absolute Gasteiger partial charge is 0.468 e. The van der Waals surface area contributed by atoms with Crippen LogP contribution < -0.4 is 0 Å². The number of rotatable bonds is 5. The summed E-state index contributed by atoms with van der Waals surface area (Å²) in [5, 5.41) is 11.4. The molecule has 24 heavy (non-hydrogen) atoms. The van der Waals surface area contributed by atoms with Gasteiger partial charge in [-0.2, -0.15) is 0 Å². The highest BCUT2D eigenvalue weighted by atomic mass is 35.5. The molecule has 2 aromatic heterocycles. The Morgan fingerprint density at radius 3 is 2.88 bits per heavy atom. The Balaban J connectivity index is 2.02. The number of esters is 1. The molecule has 0 amide bonds. The fourth-order valence-electron chi connectivity index (χ4n) is 2.21. The molecule has 0 saturated heterocycles. The van der Waals surface area contributed by atoms with Gasteiger partial charge in [-0.05, 0) is 19.1 Å². The lowest BCUT2D eigenvalue weighted by molar-refractivity contribution is -0.137. The molecule has 0 aliphatic heterocycles. The van der Waals surface area contributed by atoms with E-state index < -0.39 is 0 Å². The van der Waals surface area contributed by atoms with Gasteiger partial charge in [-0.15, -0.1) is 21.5 Å². The van der Waals surface area contributed by atoms with Crippen molar-refractivity contribution < 1.29 is 9.53 Å². The molecule has 0 aliphatic carbocycles. The molecule has 5 nitrogen and oxygen atoms in total. The Hall–Kier alpha value is -1.28. The zero-order valence-electron chi connectivity index (χ0n) is 12.9. The first-order valence-corrected chi connectivity index (χ1v) is 9.61. The first kappa shape index (κ1) is 17.5. The van der Waals surface area contributed by atoms with Crippen LogP contribution in [0.25, 0.3) is 20.8 Å². The molecule has 0 spiro atoms. The SMILES string of the molecule is CCn1c(SCC(=O)OC)nnc1-c1sc2cc(Cl)ccc2c1Cl. The molecular weight excluding hydrogens is 389 g/mol. The molecule has 0 unspecified atom stereocenters. The molecule has 0 N–H and O–H groups in total. The molecule has 0 atom stereocenters. The zero-order valence-corrected chi connectivity index (χ0v) is 16.0. The fourth-order valence-corrected chi connectivity index (χ4v) is 4.83. The second kappa shape index (κ2) is 7.31. The van der Waals surface area contributed by atoms with Crippen LogP contribution in [0, 0.1) is 0 Å². The standard InChI is InChI=1S/C15H13Cl2N3O2S2/c1-3-20-14(18-19-15(20)23-7-11(21)22-2)13-12(17)9-5-4-8(16)6-10(9)24-13/h4-6H,3,7H2,1-2H3. The molecule has 0 radical (unpaired) electrons. The summed E-state index contributed by atoms with van der Waals surface area (Å²) in [6.45, 7) is 2.66. The molecule has 2 heterocycles. The van der Waals surface area contributed by atoms with Gasteiger partial charge < -0.3 is 9.30 Å². The summed E-state index contributed by atoms with van der Waals surface area (Å²) >= 11 is 15.4. The summed E-state index contributed by atoms with van der Waals surface area (Å²) in [7, 11) is 1.36. The van der Waals surface area contributed by atoms with Crippen LogP contribution in [0.4, 0.5) is 0 Å². The van der Waals surface area contributed by atoms with E-state index in [2.05, 4.69) is 14.9 Å². The minimum atomic E-state index is -0.304. The second-order valence-corrected chi connectivity index (χ2v) is 7.61. The first-order chi connectivity index (χ1) is 11.5. The van der Waals surface area contributed by atoms with Crippen LogP contribution in [-0.2, 0) is 16.1 Å². The molecule has 3 rings (SSSR count). The number of methoxy groups -OCH3 is 1. The third-order valence-electron chi connectivity index (χ3n) is 3.37. The van der Waals surface area contributed by atoms with Crippen molar-refractivity contribution in [3.63, 3.8) is 0 Å². The molecule has 3 aromatic rings. The third kappa shape index (κ3) is 3.26. The van der Waals surface area contributed by atoms with Crippen molar-refractivity contribution in [3.05, 3.63) is 28.2 Å². The van der Waals surface area contributed by atoms with Crippen molar-refractivity contribution in [1.29, 1.82) is 0 Å². The van der Waals surface area contributed by atoms with Gasteiger partial charge in [0.1, 0.15) is 0 Å². The van der Waals surface area contributed by atoms with Crippen molar-refractivity contribution >= 4 is 62.4 Å². The maximum absolute atomic E-state index is 11.3. The quantitative estimate of drug-likeness (QED) is 0.455. The van der Waals surface area contributed by atoms with Crippen molar-refractivity contribution in [2.24, 2.45) is 0 Å². The summed E-state index contributed by atoms with van der Waals surface area (Å²) in [6.07, 6.45) is 0. The number of thioether (sulfide) groups is 1. The van der Waals surface area contributed by atoms with Crippen LogP contribution in [0.1, 0.15) is 6.92 Å². The number of carbonyl (C=O) groups excluding carboxylic acids is 1. The van der Waals surface area contributed by atoms with Gasteiger partial charge in [-0.25, -0.2) is 0 Å². The van der Waals surface area contributed by atoms with Crippen LogP contribution in [0.2, 0.25) is 10.0 Å². The lowest BCUT2D eigenvalue weighted by Crippen LogP contribution is -2.05. The summed E-state index contributed by atoms with van der Waals surface area (Å²) in [4.78, 5) is 12.2. The Labute approximate surface area is 156 Å². The maximum Gasteiger partial charge on any atom is 0.316 e. The monoisotopic (exact) mass is 401 g/mol. The van der Waals surface area contributed by atoms with Gasteiger partial charge in [0.05, 0.1) is 22.8 Å². The number of benzene rings is 1. The van der Waals surface area contributed by atoms with Crippen LogP contribution in [-0.4, -0.2) is 33.6 Å². The highest BCUT2D eigenvalue weighted by Gasteiger charge is 2.20. The Morgan fingerprint density at radius 2 is 2.17 bits per heavy atom. The summed E-state index contributed by atoms with van der Waals surface area (Å²) < 4.78 is 7.59. The highest BCUT2D eigenvalue weighted by molar-refractivity contribution is 7.99. The predicted octanol–water partition coefficient (Wildman–Crippen LogP) is 4.75. The van der Waals surface area contributed by atoms with Crippen LogP contribution in [0.15, 0.2) is 23.4 Å². The zero-order chi connectivity index (χ0) is 17.3. The smallest absolute Gasteiger partial charge is 0.316 e. The average molecular weight is 402 g/mol. The van der Waals surface area contributed by atoms with Gasteiger partial charge in [0.25, 0.3) is 0 Å². The summed E-state index contributed by atoms with van der Waals surface area (Å²) in [5.74, 6) is 0.568. The van der Waals surface area contributed by atoms with E-state index in [9.17, 15) is 4.79 Å². The summed E-state index contributed by atoms with van der Waals surface area (Å²) in [6, 6.07) is 5.60. The maximum atomic E-state index is 11.3. The molecule has 0 bridgehead atoms. The Morgan fingerprint density at radius 1 is 1.38 bits per heavy atom. The molecule has 9 heteroatoms. The van der Waals surface area contributed by atoms with E-state index in [4.69, 9.17) is 23.2 Å². The topological polar surface area (TPSA) is 57.0 Å². The Kier molecular flexibility index (Phi) is 5.34. The summed E-state index contributed by atoms with van der Waals surface area (Å²) in [5.41, 5.74) is 0. The van der Waals surface area contributed by atoms with Crippen molar-refractivity contribution in [2.45, 2.75) is 18.6 Å². The minimum absolute atomic E-state index is 0.185. The molecule has 126 valence electrons. The van der Waals surface area contributed by atoms with E-state index >= 15 is 0 Å². The van der Waals surface area contributed by atoms with Gasteiger partial charge in [0, 0.05) is 21.7 Å². The van der Waals surface area contributed by atoms with Crippen molar-refractivity contribution in [2.75, 3.05) is 12.9 Å². The first-order valence-electron chi connectivity index (χ1n) is 7.05. The Bertz CT molecular complexity index is 908. The van der Waals surface area contributed by atoms with Gasteiger partial charge in [-0.1, -0.05) is 41.0 Å². The third-order valence-corrected chi connectivity index (χ3v) is 6.20. The van der Waals surface area contributed by atoms with E-state index in [0.717, 1.165) is 15.0 Å². The molecular formula is C15H13Cl2N3O2S2. The number of carbonyl (C=O) groups is 1. The number of fused-ring (bicyclic) bond motifs is 1. The van der Waals surface area contributed by atoms with Gasteiger partial charge in [0.2, 0.25) is 0 Å². The number of nitrogens with zero attached hydrogens (tertiary/aromatic N) is 3. The van der Waals surface area contributed by atoms with Crippen LogP contribution >= 0.6 is 46.3 Å².